The Kier molecular flexibility index (Phi) is 6.06. The van der Waals surface area contributed by atoms with Crippen molar-refractivity contribution in [3.05, 3.63) is 35.1 Å². The molecule has 5 N–H and O–H groups in total. The molecule has 0 aromatic rings. The number of alkyl halides is 1. The molecule has 0 bridgehead atoms. The van der Waals surface area contributed by atoms with Crippen LogP contribution in [0.15, 0.2) is 34.8 Å². The number of nitrogens with zero attached hydrogens (tertiary/aromatic N) is 5. The summed E-state index contributed by atoms with van der Waals surface area (Å²) in [4.78, 5) is 19.6. The minimum Gasteiger partial charge on any atom is -0.461 e. The molecule has 0 spiro atoms. The van der Waals surface area contributed by atoms with E-state index in [1.54, 1.807) is 13.8 Å². The lowest BCUT2D eigenvalue weighted by Gasteiger charge is -2.31. The first-order chi connectivity index (χ1) is 12.6. The molecule has 1 unspecified atom stereocenters. The molecular weight excluding hydrogens is 361 g/mol. The molecule has 0 aliphatic carbocycles. The molecule has 1 fully saturated rings. The Balaban J connectivity index is 2.22. The molecular formula is C15H22FN7O4. The Morgan fingerprint density at radius 2 is 2.37 bits per heavy atom. The summed E-state index contributed by atoms with van der Waals surface area (Å²) in [7, 11) is 0. The summed E-state index contributed by atoms with van der Waals surface area (Å²) in [5, 5.41) is 13.7. The Labute approximate surface area is 154 Å². The highest BCUT2D eigenvalue weighted by Gasteiger charge is 2.58. The highest BCUT2D eigenvalue weighted by atomic mass is 19.1. The minimum absolute atomic E-state index is 0.0606. The number of amidine groups is 1. The van der Waals surface area contributed by atoms with Crippen molar-refractivity contribution in [3.8, 4) is 0 Å². The largest absolute Gasteiger partial charge is 0.461 e. The zero-order chi connectivity index (χ0) is 20.4. The quantitative estimate of drug-likeness (QED) is 0.255. The SMILES string of the molecule is C=C1N=C(N)C=CN1[C@@H]1O[C@@](COC(=O)C(N)C(C)C)(N=[N+]=[N-])[C@@H](O)[C@H]1F. The molecule has 11 nitrogen and oxygen atoms in total. The molecule has 5 atom stereocenters. The van der Waals surface area contributed by atoms with E-state index in [2.05, 4.69) is 21.6 Å². The lowest BCUT2D eigenvalue weighted by atomic mass is 10.1. The fraction of sp³-hybridized carbons (Fsp3) is 0.600. The van der Waals surface area contributed by atoms with Gasteiger partial charge in [0.05, 0.1) is 0 Å². The monoisotopic (exact) mass is 383 g/mol. The fourth-order valence-electron chi connectivity index (χ4n) is 2.53. The van der Waals surface area contributed by atoms with Gasteiger partial charge in [-0.25, -0.2) is 9.38 Å². The zero-order valence-electron chi connectivity index (χ0n) is 14.9. The molecule has 2 heterocycles. The van der Waals surface area contributed by atoms with Gasteiger partial charge in [0.2, 0.25) is 5.72 Å². The van der Waals surface area contributed by atoms with Crippen LogP contribution in [-0.2, 0) is 14.3 Å². The van der Waals surface area contributed by atoms with E-state index in [-0.39, 0.29) is 17.6 Å². The van der Waals surface area contributed by atoms with Crippen molar-refractivity contribution in [1.29, 1.82) is 0 Å². The summed E-state index contributed by atoms with van der Waals surface area (Å²) in [5.41, 5.74) is 17.9. The summed E-state index contributed by atoms with van der Waals surface area (Å²) in [6, 6.07) is -0.939. The second-order valence-electron chi connectivity index (χ2n) is 6.49. The van der Waals surface area contributed by atoms with E-state index < -0.39 is 42.8 Å². The topological polar surface area (TPSA) is 172 Å². The Morgan fingerprint density at radius 3 is 2.93 bits per heavy atom. The van der Waals surface area contributed by atoms with Crippen molar-refractivity contribution in [2.45, 2.75) is 44.1 Å². The minimum atomic E-state index is -2.17. The first kappa shape index (κ1) is 20.6. The van der Waals surface area contributed by atoms with E-state index in [9.17, 15) is 14.3 Å². The highest BCUT2D eigenvalue weighted by molar-refractivity contribution is 5.92. The second-order valence-corrected chi connectivity index (χ2v) is 6.49. The zero-order valence-corrected chi connectivity index (χ0v) is 14.9. The molecule has 27 heavy (non-hydrogen) atoms. The van der Waals surface area contributed by atoms with Gasteiger partial charge in [-0.3, -0.25) is 4.79 Å². The molecule has 0 amide bonds. The third kappa shape index (κ3) is 4.03. The number of rotatable bonds is 6. The van der Waals surface area contributed by atoms with E-state index in [4.69, 9.17) is 26.5 Å². The standard InChI is InChI=1S/C15H22FN7O4/c1-7(2)11(18)14(25)26-6-15(21-22-19)12(24)10(16)13(27-15)23-5-4-9(17)20-8(23)3/h4-5,7,10-13,24H,3,6,18H2,1-2H3,(H2,17,20)/t10-,11?,12+,13-,15-/m1/s1. The normalized spacial score (nSPS) is 31.5. The molecule has 2 rings (SSSR count). The number of hydrogen-bond acceptors (Lipinski definition) is 9. The average molecular weight is 383 g/mol. The summed E-state index contributed by atoms with van der Waals surface area (Å²) in [6.07, 6.45) is -2.62. The lowest BCUT2D eigenvalue weighted by molar-refractivity contribution is -0.168. The number of aliphatic hydroxyl groups is 1. The number of aliphatic imine (C=N–C) groups is 1. The maximum atomic E-state index is 14.7. The number of aliphatic hydroxyl groups excluding tert-OH is 1. The fourth-order valence-corrected chi connectivity index (χ4v) is 2.53. The van der Waals surface area contributed by atoms with Crippen LogP contribution in [0.1, 0.15) is 13.8 Å². The summed E-state index contributed by atoms with van der Waals surface area (Å²) in [5.74, 6) is -0.797. The van der Waals surface area contributed by atoms with Crippen molar-refractivity contribution in [3.63, 3.8) is 0 Å². The van der Waals surface area contributed by atoms with Crippen molar-refractivity contribution < 1.29 is 23.8 Å². The van der Waals surface area contributed by atoms with Crippen LogP contribution in [0.25, 0.3) is 10.4 Å². The summed E-state index contributed by atoms with van der Waals surface area (Å²) in [6.45, 7) is 6.34. The van der Waals surface area contributed by atoms with E-state index in [1.165, 1.54) is 17.2 Å². The van der Waals surface area contributed by atoms with Gasteiger partial charge in [-0.1, -0.05) is 25.5 Å². The van der Waals surface area contributed by atoms with Gasteiger partial charge < -0.3 is 30.9 Å². The van der Waals surface area contributed by atoms with Crippen LogP contribution < -0.4 is 11.5 Å². The van der Waals surface area contributed by atoms with E-state index in [1.807, 2.05) is 0 Å². The van der Waals surface area contributed by atoms with E-state index in [0.29, 0.717) is 0 Å². The number of esters is 1. The number of azide groups is 1. The number of nitrogens with two attached hydrogens (primary N) is 2. The Hall–Kier alpha value is -2.66. The van der Waals surface area contributed by atoms with Crippen LogP contribution in [-0.4, -0.2) is 58.7 Å². The predicted octanol–water partition coefficient (Wildman–Crippen LogP) is 0.232. The van der Waals surface area contributed by atoms with Gasteiger partial charge >= 0.3 is 5.97 Å². The molecule has 2 aliphatic heterocycles. The molecule has 0 radical (unpaired) electrons. The van der Waals surface area contributed by atoms with Crippen LogP contribution in [0.2, 0.25) is 0 Å². The van der Waals surface area contributed by atoms with Gasteiger partial charge in [-0.15, -0.1) is 0 Å². The van der Waals surface area contributed by atoms with E-state index >= 15 is 0 Å². The van der Waals surface area contributed by atoms with Crippen LogP contribution in [0.4, 0.5) is 4.39 Å². The molecule has 12 heteroatoms. The molecule has 0 saturated carbocycles. The number of halogens is 1. The smallest absolute Gasteiger partial charge is 0.323 e. The molecule has 2 aliphatic rings. The van der Waals surface area contributed by atoms with Gasteiger partial charge in [0.1, 0.15) is 30.4 Å². The van der Waals surface area contributed by atoms with Gasteiger partial charge in [0, 0.05) is 11.1 Å². The van der Waals surface area contributed by atoms with Gasteiger partial charge in [-0.2, -0.15) is 0 Å². The molecule has 0 aromatic heterocycles. The summed E-state index contributed by atoms with van der Waals surface area (Å²) < 4.78 is 25.3. The third-order valence-corrected chi connectivity index (χ3v) is 4.22. The summed E-state index contributed by atoms with van der Waals surface area (Å²) >= 11 is 0. The maximum absolute atomic E-state index is 14.7. The van der Waals surface area contributed by atoms with Crippen molar-refractivity contribution in [1.82, 2.24) is 4.90 Å². The van der Waals surface area contributed by atoms with Gasteiger partial charge in [0.15, 0.2) is 12.4 Å². The average Bonchev–Trinajstić information content (AvgIpc) is 2.85. The van der Waals surface area contributed by atoms with Crippen molar-refractivity contribution in [2.75, 3.05) is 6.61 Å². The van der Waals surface area contributed by atoms with Gasteiger partial charge in [-0.05, 0) is 17.5 Å². The first-order valence-corrected chi connectivity index (χ1v) is 8.11. The predicted molar refractivity (Wildman–Crippen MR) is 93.2 cm³/mol. The number of ether oxygens (including phenoxy) is 2. The molecule has 1 saturated heterocycles. The van der Waals surface area contributed by atoms with E-state index in [0.717, 1.165) is 0 Å². The molecule has 148 valence electrons. The van der Waals surface area contributed by atoms with Crippen LogP contribution >= 0.6 is 0 Å². The van der Waals surface area contributed by atoms with Crippen LogP contribution in [0, 0.1) is 5.92 Å². The number of carbonyl (C=O) groups is 1. The number of hydrogen-bond donors (Lipinski definition) is 3. The first-order valence-electron chi connectivity index (χ1n) is 8.11. The van der Waals surface area contributed by atoms with Crippen LogP contribution in [0.5, 0.6) is 0 Å². The van der Waals surface area contributed by atoms with Crippen molar-refractivity contribution in [2.24, 2.45) is 27.5 Å². The Bertz CT molecular complexity index is 721. The second kappa shape index (κ2) is 7.92. The van der Waals surface area contributed by atoms with Crippen molar-refractivity contribution >= 4 is 11.8 Å². The number of carbonyl (C=O) groups excluding carboxylic acids is 1. The Morgan fingerprint density at radius 1 is 1.70 bits per heavy atom. The third-order valence-electron chi connectivity index (χ3n) is 4.22. The van der Waals surface area contributed by atoms with Gasteiger partial charge in [0.25, 0.3) is 0 Å². The molecule has 0 aromatic carbocycles. The lowest BCUT2D eigenvalue weighted by Crippen LogP contribution is -2.47. The maximum Gasteiger partial charge on any atom is 0.323 e. The highest BCUT2D eigenvalue weighted by Crippen LogP contribution is 2.38. The van der Waals surface area contributed by atoms with Crippen LogP contribution in [0.3, 0.4) is 0 Å².